The van der Waals surface area contributed by atoms with Gasteiger partial charge in [-0.1, -0.05) is 0 Å². The Hall–Kier alpha value is -0.880. The number of nitrogen functional groups attached to an aromatic ring is 1. The van der Waals surface area contributed by atoms with Gasteiger partial charge in [0, 0.05) is 19.6 Å². The summed E-state index contributed by atoms with van der Waals surface area (Å²) in [5.74, 6) is 1.41. The lowest BCUT2D eigenvalue weighted by atomic mass is 10.4. The monoisotopic (exact) mass is 285 g/mol. The van der Waals surface area contributed by atoms with Gasteiger partial charge in [0.2, 0.25) is 0 Å². The first kappa shape index (κ1) is 11.6. The minimum absolute atomic E-state index is 0.502. The Balaban J connectivity index is 2.20. The number of likely N-dealkylation sites (N-methyl/N-ethyl adjacent to an activating group) is 1. The predicted molar refractivity (Wildman–Crippen MR) is 68.5 cm³/mol. The maximum Gasteiger partial charge on any atom is 0.148 e. The van der Waals surface area contributed by atoms with Gasteiger partial charge in [-0.2, -0.15) is 0 Å². The molecule has 1 aromatic heterocycles. The van der Waals surface area contributed by atoms with Crippen LogP contribution < -0.4 is 10.6 Å². The summed E-state index contributed by atoms with van der Waals surface area (Å²) in [4.78, 5) is 12.8. The highest BCUT2D eigenvalue weighted by Crippen LogP contribution is 2.27. The Morgan fingerprint density at radius 3 is 2.88 bits per heavy atom. The van der Waals surface area contributed by atoms with E-state index in [4.69, 9.17) is 5.73 Å². The Kier molecular flexibility index (Phi) is 3.60. The van der Waals surface area contributed by atoms with Crippen LogP contribution in [0.15, 0.2) is 10.8 Å². The molecule has 0 bridgehead atoms. The van der Waals surface area contributed by atoms with Crippen LogP contribution in [0.4, 0.5) is 11.6 Å². The van der Waals surface area contributed by atoms with E-state index in [1.165, 1.54) is 6.33 Å². The van der Waals surface area contributed by atoms with Gasteiger partial charge in [0.15, 0.2) is 0 Å². The number of nitrogens with zero attached hydrogens (tertiary/aromatic N) is 4. The molecule has 6 heteroatoms. The molecular formula is C10H16BrN5. The van der Waals surface area contributed by atoms with Crippen molar-refractivity contribution in [2.45, 2.75) is 6.42 Å². The van der Waals surface area contributed by atoms with Crippen molar-refractivity contribution in [2.24, 2.45) is 0 Å². The molecule has 0 saturated carbocycles. The molecule has 0 spiro atoms. The van der Waals surface area contributed by atoms with Crippen molar-refractivity contribution in [1.82, 2.24) is 14.9 Å². The molecule has 2 heterocycles. The van der Waals surface area contributed by atoms with Crippen LogP contribution in [-0.4, -0.2) is 48.1 Å². The molecule has 5 nitrogen and oxygen atoms in total. The summed E-state index contributed by atoms with van der Waals surface area (Å²) >= 11 is 3.45. The summed E-state index contributed by atoms with van der Waals surface area (Å²) in [6.45, 7) is 4.18. The third-order valence-electron chi connectivity index (χ3n) is 2.82. The largest absolute Gasteiger partial charge is 0.383 e. The molecule has 1 aliphatic rings. The highest BCUT2D eigenvalue weighted by Gasteiger charge is 2.17. The first-order valence-electron chi connectivity index (χ1n) is 5.38. The minimum atomic E-state index is 0.502. The molecule has 0 radical (unpaired) electrons. The molecule has 2 rings (SSSR count). The molecule has 0 atom stereocenters. The highest BCUT2D eigenvalue weighted by molar-refractivity contribution is 9.10. The molecule has 0 unspecified atom stereocenters. The number of halogens is 1. The SMILES string of the molecule is CN1CCCN(c2ncnc(N)c2Br)CC1. The van der Waals surface area contributed by atoms with Crippen molar-refractivity contribution in [3.05, 3.63) is 10.8 Å². The summed E-state index contributed by atoms with van der Waals surface area (Å²) in [7, 11) is 2.15. The first-order chi connectivity index (χ1) is 7.68. The van der Waals surface area contributed by atoms with E-state index in [9.17, 15) is 0 Å². The Bertz CT molecular complexity index is 370. The second kappa shape index (κ2) is 4.97. The maximum absolute atomic E-state index is 5.76. The fourth-order valence-electron chi connectivity index (χ4n) is 1.85. The standard InChI is InChI=1S/C10H16BrN5/c1-15-3-2-4-16(6-5-15)10-8(11)9(12)13-7-14-10/h7H,2-6H2,1H3,(H2,12,13,14). The number of aromatic nitrogens is 2. The number of anilines is 2. The lowest BCUT2D eigenvalue weighted by molar-refractivity contribution is 0.360. The van der Waals surface area contributed by atoms with Gasteiger partial charge in [-0.05, 0) is 35.9 Å². The van der Waals surface area contributed by atoms with Crippen molar-refractivity contribution < 1.29 is 0 Å². The molecule has 0 aliphatic carbocycles. The smallest absolute Gasteiger partial charge is 0.148 e. The first-order valence-corrected chi connectivity index (χ1v) is 6.17. The molecule has 1 fully saturated rings. The van der Waals surface area contributed by atoms with Gasteiger partial charge >= 0.3 is 0 Å². The van der Waals surface area contributed by atoms with Gasteiger partial charge in [-0.3, -0.25) is 0 Å². The second-order valence-corrected chi connectivity index (χ2v) is 4.83. The molecule has 0 aromatic carbocycles. The van der Waals surface area contributed by atoms with E-state index in [0.29, 0.717) is 5.82 Å². The summed E-state index contributed by atoms with van der Waals surface area (Å²) in [5, 5.41) is 0. The van der Waals surface area contributed by atoms with E-state index in [2.05, 4.69) is 42.7 Å². The van der Waals surface area contributed by atoms with Crippen LogP contribution in [0.25, 0.3) is 0 Å². The van der Waals surface area contributed by atoms with Gasteiger partial charge < -0.3 is 15.5 Å². The molecule has 88 valence electrons. The molecular weight excluding hydrogens is 270 g/mol. The Morgan fingerprint density at radius 2 is 2.06 bits per heavy atom. The maximum atomic E-state index is 5.76. The van der Waals surface area contributed by atoms with Crippen molar-refractivity contribution in [2.75, 3.05) is 43.9 Å². The lowest BCUT2D eigenvalue weighted by Gasteiger charge is -2.22. The quantitative estimate of drug-likeness (QED) is 0.833. The topological polar surface area (TPSA) is 58.3 Å². The van der Waals surface area contributed by atoms with E-state index >= 15 is 0 Å². The molecule has 1 aliphatic heterocycles. The zero-order valence-electron chi connectivity index (χ0n) is 9.36. The van der Waals surface area contributed by atoms with E-state index in [1.807, 2.05) is 0 Å². The third kappa shape index (κ3) is 2.44. The van der Waals surface area contributed by atoms with Gasteiger partial charge in [-0.25, -0.2) is 9.97 Å². The number of rotatable bonds is 1. The molecule has 0 amide bonds. The number of hydrogen-bond donors (Lipinski definition) is 1. The van der Waals surface area contributed by atoms with Crippen LogP contribution in [0.5, 0.6) is 0 Å². The van der Waals surface area contributed by atoms with E-state index < -0.39 is 0 Å². The highest BCUT2D eigenvalue weighted by atomic mass is 79.9. The van der Waals surface area contributed by atoms with Crippen molar-refractivity contribution in [1.29, 1.82) is 0 Å². The van der Waals surface area contributed by atoms with Gasteiger partial charge in [0.25, 0.3) is 0 Å². The lowest BCUT2D eigenvalue weighted by Crippen LogP contribution is -2.29. The fraction of sp³-hybridized carbons (Fsp3) is 0.600. The molecule has 2 N–H and O–H groups in total. The Labute approximate surface area is 104 Å². The van der Waals surface area contributed by atoms with Gasteiger partial charge in [0.05, 0.1) is 0 Å². The van der Waals surface area contributed by atoms with Crippen LogP contribution in [0.3, 0.4) is 0 Å². The third-order valence-corrected chi connectivity index (χ3v) is 3.58. The van der Waals surface area contributed by atoms with Crippen LogP contribution >= 0.6 is 15.9 Å². The second-order valence-electron chi connectivity index (χ2n) is 4.04. The summed E-state index contributed by atoms with van der Waals surface area (Å²) in [6.07, 6.45) is 2.66. The number of nitrogens with two attached hydrogens (primary N) is 1. The average Bonchev–Trinajstić information content (AvgIpc) is 2.47. The summed E-state index contributed by atoms with van der Waals surface area (Å²) in [5.41, 5.74) is 5.76. The van der Waals surface area contributed by atoms with Crippen molar-refractivity contribution >= 4 is 27.6 Å². The van der Waals surface area contributed by atoms with Gasteiger partial charge in [0.1, 0.15) is 22.4 Å². The molecule has 1 aromatic rings. The zero-order chi connectivity index (χ0) is 11.5. The Morgan fingerprint density at radius 1 is 1.25 bits per heavy atom. The predicted octanol–water partition coefficient (Wildman–Crippen LogP) is 0.963. The average molecular weight is 286 g/mol. The van der Waals surface area contributed by atoms with Crippen molar-refractivity contribution in [3.8, 4) is 0 Å². The van der Waals surface area contributed by atoms with Crippen molar-refractivity contribution in [3.63, 3.8) is 0 Å². The minimum Gasteiger partial charge on any atom is -0.383 e. The zero-order valence-corrected chi connectivity index (χ0v) is 10.9. The normalized spacial score (nSPS) is 18.5. The fourth-order valence-corrected chi connectivity index (χ4v) is 2.31. The van der Waals surface area contributed by atoms with E-state index in [0.717, 1.165) is 42.9 Å². The number of hydrogen-bond acceptors (Lipinski definition) is 5. The van der Waals surface area contributed by atoms with E-state index in [-0.39, 0.29) is 0 Å². The molecule has 1 saturated heterocycles. The van der Waals surface area contributed by atoms with E-state index in [1.54, 1.807) is 0 Å². The summed E-state index contributed by atoms with van der Waals surface area (Å²) in [6, 6.07) is 0. The molecule has 16 heavy (non-hydrogen) atoms. The van der Waals surface area contributed by atoms with Gasteiger partial charge in [-0.15, -0.1) is 0 Å². The summed E-state index contributed by atoms with van der Waals surface area (Å²) < 4.78 is 0.805. The van der Waals surface area contributed by atoms with Crippen LogP contribution in [0.2, 0.25) is 0 Å². The van der Waals surface area contributed by atoms with Crippen LogP contribution in [0.1, 0.15) is 6.42 Å². The van der Waals surface area contributed by atoms with Crippen LogP contribution in [0, 0.1) is 0 Å². The van der Waals surface area contributed by atoms with Crippen LogP contribution in [-0.2, 0) is 0 Å².